The maximum atomic E-state index is 5.59. The highest BCUT2D eigenvalue weighted by molar-refractivity contribution is 5.51. The molecule has 2 aromatic carbocycles. The zero-order valence-electron chi connectivity index (χ0n) is 14.9. The van der Waals surface area contributed by atoms with Crippen LogP contribution in [0.3, 0.4) is 0 Å². The second kappa shape index (κ2) is 6.48. The molecule has 132 valence electrons. The number of methoxy groups -OCH3 is 2. The fourth-order valence-electron chi connectivity index (χ4n) is 3.71. The number of hydrogen-bond donors (Lipinski definition) is 0. The van der Waals surface area contributed by atoms with Crippen LogP contribution in [0.2, 0.25) is 0 Å². The lowest BCUT2D eigenvalue weighted by atomic mass is 9.88. The summed E-state index contributed by atoms with van der Waals surface area (Å²) < 4.78 is 21.9. The summed E-state index contributed by atoms with van der Waals surface area (Å²) in [5.74, 6) is 3.25. The molecule has 0 radical (unpaired) electrons. The SMILES string of the molecule is COc1ccc(CC2c3cc4c(cc3CCN2C)OCO4)cc1OC. The summed E-state index contributed by atoms with van der Waals surface area (Å²) in [6, 6.07) is 10.7. The first kappa shape index (κ1) is 16.1. The van der Waals surface area contributed by atoms with Crippen LogP contribution in [0.25, 0.3) is 0 Å². The molecule has 0 aliphatic carbocycles. The van der Waals surface area contributed by atoms with Crippen molar-refractivity contribution in [2.75, 3.05) is 34.6 Å². The van der Waals surface area contributed by atoms with Crippen molar-refractivity contribution in [3.05, 3.63) is 47.0 Å². The molecule has 5 heteroatoms. The molecule has 4 rings (SSSR count). The molecule has 0 N–H and O–H groups in total. The molecule has 2 aromatic rings. The zero-order valence-corrected chi connectivity index (χ0v) is 14.9. The van der Waals surface area contributed by atoms with E-state index in [1.54, 1.807) is 14.2 Å². The minimum Gasteiger partial charge on any atom is -0.493 e. The van der Waals surface area contributed by atoms with Crippen molar-refractivity contribution in [3.63, 3.8) is 0 Å². The van der Waals surface area contributed by atoms with E-state index in [1.807, 2.05) is 6.07 Å². The molecule has 25 heavy (non-hydrogen) atoms. The van der Waals surface area contributed by atoms with Crippen LogP contribution in [0.5, 0.6) is 23.0 Å². The molecule has 2 aliphatic heterocycles. The summed E-state index contributed by atoms with van der Waals surface area (Å²) >= 11 is 0. The third kappa shape index (κ3) is 2.89. The summed E-state index contributed by atoms with van der Waals surface area (Å²) in [5.41, 5.74) is 3.90. The topological polar surface area (TPSA) is 40.2 Å². The highest BCUT2D eigenvalue weighted by Gasteiger charge is 2.28. The van der Waals surface area contributed by atoms with E-state index in [4.69, 9.17) is 18.9 Å². The van der Waals surface area contributed by atoms with E-state index in [2.05, 4.69) is 36.2 Å². The van der Waals surface area contributed by atoms with Crippen LogP contribution in [-0.4, -0.2) is 39.5 Å². The van der Waals surface area contributed by atoms with E-state index < -0.39 is 0 Å². The molecule has 0 fully saturated rings. The van der Waals surface area contributed by atoms with Gasteiger partial charge in [-0.25, -0.2) is 0 Å². The van der Waals surface area contributed by atoms with Gasteiger partial charge in [-0.05, 0) is 60.8 Å². The molecular formula is C20H23NO4. The summed E-state index contributed by atoms with van der Waals surface area (Å²) in [4.78, 5) is 2.40. The molecular weight excluding hydrogens is 318 g/mol. The van der Waals surface area contributed by atoms with E-state index in [-0.39, 0.29) is 0 Å². The number of benzene rings is 2. The summed E-state index contributed by atoms with van der Waals surface area (Å²) in [7, 11) is 5.51. The van der Waals surface area contributed by atoms with Crippen LogP contribution < -0.4 is 18.9 Å². The first-order chi connectivity index (χ1) is 12.2. The molecule has 0 amide bonds. The minimum atomic E-state index is 0.302. The van der Waals surface area contributed by atoms with Crippen molar-refractivity contribution in [2.45, 2.75) is 18.9 Å². The van der Waals surface area contributed by atoms with Crippen LogP contribution in [0.4, 0.5) is 0 Å². The van der Waals surface area contributed by atoms with E-state index in [0.29, 0.717) is 12.8 Å². The Labute approximate surface area is 148 Å². The minimum absolute atomic E-state index is 0.302. The van der Waals surface area contributed by atoms with Crippen LogP contribution >= 0.6 is 0 Å². The Morgan fingerprint density at radius 3 is 2.56 bits per heavy atom. The van der Waals surface area contributed by atoms with Gasteiger partial charge in [-0.3, -0.25) is 4.90 Å². The van der Waals surface area contributed by atoms with Gasteiger partial charge < -0.3 is 18.9 Å². The predicted molar refractivity (Wildman–Crippen MR) is 94.9 cm³/mol. The van der Waals surface area contributed by atoms with Gasteiger partial charge in [0.05, 0.1) is 14.2 Å². The number of rotatable bonds is 4. The van der Waals surface area contributed by atoms with Crippen molar-refractivity contribution in [3.8, 4) is 23.0 Å². The van der Waals surface area contributed by atoms with E-state index in [0.717, 1.165) is 42.4 Å². The number of ether oxygens (including phenoxy) is 4. The Hall–Kier alpha value is -2.40. The lowest BCUT2D eigenvalue weighted by molar-refractivity contribution is 0.174. The largest absolute Gasteiger partial charge is 0.493 e. The van der Waals surface area contributed by atoms with Crippen molar-refractivity contribution in [1.82, 2.24) is 4.90 Å². The van der Waals surface area contributed by atoms with Crippen molar-refractivity contribution in [1.29, 1.82) is 0 Å². The van der Waals surface area contributed by atoms with Crippen molar-refractivity contribution < 1.29 is 18.9 Å². The molecule has 2 heterocycles. The number of nitrogens with zero attached hydrogens (tertiary/aromatic N) is 1. The summed E-state index contributed by atoms with van der Waals surface area (Å²) in [5, 5.41) is 0. The molecule has 1 unspecified atom stereocenters. The molecule has 5 nitrogen and oxygen atoms in total. The molecule has 0 saturated heterocycles. The van der Waals surface area contributed by atoms with E-state index in [9.17, 15) is 0 Å². The third-order valence-electron chi connectivity index (χ3n) is 5.14. The Kier molecular flexibility index (Phi) is 4.17. The zero-order chi connectivity index (χ0) is 17.4. The molecule has 0 saturated carbocycles. The molecule has 0 spiro atoms. The Morgan fingerprint density at radius 2 is 1.80 bits per heavy atom. The Bertz CT molecular complexity index is 790. The summed E-state index contributed by atoms with van der Waals surface area (Å²) in [6.07, 6.45) is 1.94. The first-order valence-electron chi connectivity index (χ1n) is 8.53. The normalized spacial score (nSPS) is 18.8. The van der Waals surface area contributed by atoms with Crippen LogP contribution in [0.1, 0.15) is 22.7 Å². The second-order valence-electron chi connectivity index (χ2n) is 6.54. The van der Waals surface area contributed by atoms with E-state index >= 15 is 0 Å². The molecule has 2 aliphatic rings. The van der Waals surface area contributed by atoms with Gasteiger partial charge in [0.2, 0.25) is 6.79 Å². The maximum Gasteiger partial charge on any atom is 0.231 e. The Balaban J connectivity index is 1.67. The molecule has 0 bridgehead atoms. The average Bonchev–Trinajstić information content (AvgIpc) is 3.09. The number of hydrogen-bond acceptors (Lipinski definition) is 5. The van der Waals surface area contributed by atoms with Gasteiger partial charge in [0.1, 0.15) is 0 Å². The predicted octanol–water partition coefficient (Wildman–Crippen LogP) is 3.20. The second-order valence-corrected chi connectivity index (χ2v) is 6.54. The lowest BCUT2D eigenvalue weighted by Crippen LogP contribution is -2.33. The van der Waals surface area contributed by atoms with Crippen molar-refractivity contribution in [2.24, 2.45) is 0 Å². The first-order valence-corrected chi connectivity index (χ1v) is 8.53. The quantitative estimate of drug-likeness (QED) is 0.854. The standard InChI is InChI=1S/C20H23NO4/c1-21-7-6-14-10-19-20(25-12-24-19)11-15(14)16(21)8-13-4-5-17(22-2)18(9-13)23-3/h4-5,9-11,16H,6-8,12H2,1-3H3. The number of likely N-dealkylation sites (N-methyl/N-ethyl adjacent to an activating group) is 1. The monoisotopic (exact) mass is 341 g/mol. The van der Waals surface area contributed by atoms with Gasteiger partial charge >= 0.3 is 0 Å². The van der Waals surface area contributed by atoms with Gasteiger partial charge in [-0.1, -0.05) is 6.07 Å². The maximum absolute atomic E-state index is 5.59. The van der Waals surface area contributed by atoms with Gasteiger partial charge in [-0.15, -0.1) is 0 Å². The lowest BCUT2D eigenvalue weighted by Gasteiger charge is -2.35. The summed E-state index contributed by atoms with van der Waals surface area (Å²) in [6.45, 7) is 1.35. The molecule has 1 atom stereocenters. The third-order valence-corrected chi connectivity index (χ3v) is 5.14. The fraction of sp³-hybridized carbons (Fsp3) is 0.400. The highest BCUT2D eigenvalue weighted by atomic mass is 16.7. The van der Waals surface area contributed by atoms with Crippen LogP contribution in [0, 0.1) is 0 Å². The number of fused-ring (bicyclic) bond motifs is 2. The van der Waals surface area contributed by atoms with Gasteiger partial charge in [0.25, 0.3) is 0 Å². The fourth-order valence-corrected chi connectivity index (χ4v) is 3.71. The Morgan fingerprint density at radius 1 is 1.04 bits per heavy atom. The van der Waals surface area contributed by atoms with Crippen molar-refractivity contribution >= 4 is 0 Å². The van der Waals surface area contributed by atoms with Gasteiger partial charge in [0.15, 0.2) is 23.0 Å². The van der Waals surface area contributed by atoms with Gasteiger partial charge in [0, 0.05) is 12.6 Å². The van der Waals surface area contributed by atoms with Crippen LogP contribution in [0.15, 0.2) is 30.3 Å². The van der Waals surface area contributed by atoms with E-state index in [1.165, 1.54) is 16.7 Å². The van der Waals surface area contributed by atoms with Crippen LogP contribution in [-0.2, 0) is 12.8 Å². The highest BCUT2D eigenvalue weighted by Crippen LogP contribution is 2.41. The van der Waals surface area contributed by atoms with Gasteiger partial charge in [-0.2, -0.15) is 0 Å². The average molecular weight is 341 g/mol. The molecule has 0 aromatic heterocycles. The smallest absolute Gasteiger partial charge is 0.231 e.